The first kappa shape index (κ1) is 14.8. The van der Waals surface area contributed by atoms with Gasteiger partial charge in [-0.1, -0.05) is 26.8 Å². The van der Waals surface area contributed by atoms with E-state index in [2.05, 4.69) is 25.7 Å². The Morgan fingerprint density at radius 3 is 2.11 bits per heavy atom. The van der Waals surface area contributed by atoms with E-state index in [9.17, 15) is 0 Å². The summed E-state index contributed by atoms with van der Waals surface area (Å²) in [6.45, 7) is 11.0. The molecule has 0 heterocycles. The maximum atomic E-state index is 5.74. The van der Waals surface area contributed by atoms with Gasteiger partial charge in [-0.3, -0.25) is 0 Å². The molecule has 0 saturated carbocycles. The molecule has 1 rings (SSSR count). The van der Waals surface area contributed by atoms with Crippen molar-refractivity contribution in [1.29, 1.82) is 0 Å². The highest BCUT2D eigenvalue weighted by atomic mass is 16.5. The van der Waals surface area contributed by atoms with Crippen molar-refractivity contribution in [3.8, 4) is 11.5 Å². The first-order valence-electron chi connectivity index (χ1n) is 6.88. The molecular formula is C15H25NO2. The molecule has 0 N–H and O–H groups in total. The van der Waals surface area contributed by atoms with Crippen LogP contribution in [0.25, 0.3) is 0 Å². The molecule has 0 radical (unpaired) electrons. The lowest BCUT2D eigenvalue weighted by atomic mass is 10.3. The number of benzene rings is 1. The van der Waals surface area contributed by atoms with Gasteiger partial charge in [0.25, 0.3) is 0 Å². The van der Waals surface area contributed by atoms with Crippen LogP contribution in [0.1, 0.15) is 27.2 Å². The second-order valence-corrected chi connectivity index (χ2v) is 4.20. The first-order valence-corrected chi connectivity index (χ1v) is 6.88. The van der Waals surface area contributed by atoms with Crippen molar-refractivity contribution in [2.45, 2.75) is 27.2 Å². The molecule has 0 aliphatic rings. The van der Waals surface area contributed by atoms with Crippen molar-refractivity contribution < 1.29 is 9.47 Å². The van der Waals surface area contributed by atoms with Crippen LogP contribution in [0.5, 0.6) is 11.5 Å². The van der Waals surface area contributed by atoms with Crippen molar-refractivity contribution in [3.05, 3.63) is 24.3 Å². The highest BCUT2D eigenvalue weighted by Gasteiger charge is 2.01. The summed E-state index contributed by atoms with van der Waals surface area (Å²) < 4.78 is 11.3. The van der Waals surface area contributed by atoms with E-state index < -0.39 is 0 Å². The average Bonchev–Trinajstić information content (AvgIpc) is 2.42. The van der Waals surface area contributed by atoms with Crippen LogP contribution in [-0.4, -0.2) is 37.7 Å². The van der Waals surface area contributed by atoms with Crippen LogP contribution < -0.4 is 9.47 Å². The van der Waals surface area contributed by atoms with Crippen molar-refractivity contribution in [2.24, 2.45) is 0 Å². The molecule has 0 fully saturated rings. The van der Waals surface area contributed by atoms with E-state index >= 15 is 0 Å². The molecular weight excluding hydrogens is 226 g/mol. The Morgan fingerprint density at radius 2 is 1.56 bits per heavy atom. The highest BCUT2D eigenvalue weighted by molar-refractivity contribution is 5.32. The second-order valence-electron chi connectivity index (χ2n) is 4.20. The molecule has 3 nitrogen and oxygen atoms in total. The zero-order valence-corrected chi connectivity index (χ0v) is 11.8. The fourth-order valence-corrected chi connectivity index (χ4v) is 1.71. The van der Waals surface area contributed by atoms with Crippen molar-refractivity contribution in [3.63, 3.8) is 0 Å². The number of ether oxygens (including phenoxy) is 2. The molecule has 0 aliphatic carbocycles. The second kappa shape index (κ2) is 8.81. The highest BCUT2D eigenvalue weighted by Crippen LogP contribution is 2.19. The van der Waals surface area contributed by atoms with Crippen LogP contribution in [-0.2, 0) is 0 Å². The third kappa shape index (κ3) is 5.41. The maximum absolute atomic E-state index is 5.74. The number of hydrogen-bond acceptors (Lipinski definition) is 3. The van der Waals surface area contributed by atoms with Gasteiger partial charge in [-0.05, 0) is 31.6 Å². The summed E-state index contributed by atoms with van der Waals surface area (Å²) in [6, 6.07) is 7.86. The molecule has 0 spiro atoms. The van der Waals surface area contributed by atoms with Crippen LogP contribution in [0.15, 0.2) is 24.3 Å². The summed E-state index contributed by atoms with van der Waals surface area (Å²) >= 11 is 0. The van der Waals surface area contributed by atoms with Crippen LogP contribution in [0.2, 0.25) is 0 Å². The number of nitrogens with zero attached hydrogens (tertiary/aromatic N) is 1. The fourth-order valence-electron chi connectivity index (χ4n) is 1.71. The Balaban J connectivity index is 2.37. The predicted octanol–water partition coefficient (Wildman–Crippen LogP) is 3.20. The molecule has 0 amide bonds. The fraction of sp³-hybridized carbons (Fsp3) is 0.600. The van der Waals surface area contributed by atoms with Gasteiger partial charge in [0.15, 0.2) is 0 Å². The van der Waals surface area contributed by atoms with E-state index in [4.69, 9.17) is 9.47 Å². The minimum atomic E-state index is 0.721. The van der Waals surface area contributed by atoms with Crippen LogP contribution in [0.3, 0.4) is 0 Å². The molecule has 0 aliphatic heterocycles. The minimum absolute atomic E-state index is 0.721. The maximum Gasteiger partial charge on any atom is 0.123 e. The summed E-state index contributed by atoms with van der Waals surface area (Å²) in [6.07, 6.45) is 1.02. The quantitative estimate of drug-likeness (QED) is 0.673. The van der Waals surface area contributed by atoms with E-state index in [1.807, 2.05) is 24.3 Å². The standard InChI is InChI=1S/C15H25NO2/c1-4-11-17-14-8-7-9-15(13-14)18-12-10-16(5-2)6-3/h7-9,13H,4-6,10-12H2,1-3H3. The Kier molecular flexibility index (Phi) is 7.26. The lowest BCUT2D eigenvalue weighted by Crippen LogP contribution is -2.27. The van der Waals surface area contributed by atoms with Crippen molar-refractivity contribution in [2.75, 3.05) is 32.8 Å². The molecule has 3 heteroatoms. The van der Waals surface area contributed by atoms with Gasteiger partial charge in [0.2, 0.25) is 0 Å². The monoisotopic (exact) mass is 251 g/mol. The van der Waals surface area contributed by atoms with E-state index in [0.29, 0.717) is 0 Å². The lowest BCUT2D eigenvalue weighted by Gasteiger charge is -2.18. The molecule has 1 aromatic carbocycles. The van der Waals surface area contributed by atoms with Gasteiger partial charge in [-0.15, -0.1) is 0 Å². The van der Waals surface area contributed by atoms with Crippen LogP contribution in [0.4, 0.5) is 0 Å². The third-order valence-electron chi connectivity index (χ3n) is 2.85. The third-order valence-corrected chi connectivity index (χ3v) is 2.85. The number of rotatable bonds is 9. The molecule has 1 aromatic rings. The van der Waals surface area contributed by atoms with Gasteiger partial charge in [-0.2, -0.15) is 0 Å². The van der Waals surface area contributed by atoms with Gasteiger partial charge in [0, 0.05) is 12.6 Å². The summed E-state index contributed by atoms with van der Waals surface area (Å²) in [5.74, 6) is 1.77. The normalized spacial score (nSPS) is 10.7. The average molecular weight is 251 g/mol. The Bertz CT molecular complexity index is 324. The molecule has 0 unspecified atom stereocenters. The predicted molar refractivity (Wildman–Crippen MR) is 75.5 cm³/mol. The lowest BCUT2D eigenvalue weighted by molar-refractivity contribution is 0.222. The summed E-state index contributed by atoms with van der Waals surface area (Å²) in [5, 5.41) is 0. The van der Waals surface area contributed by atoms with Gasteiger partial charge < -0.3 is 14.4 Å². The van der Waals surface area contributed by atoms with Gasteiger partial charge in [0.1, 0.15) is 18.1 Å². The van der Waals surface area contributed by atoms with Gasteiger partial charge >= 0.3 is 0 Å². The summed E-state index contributed by atoms with van der Waals surface area (Å²) in [5.41, 5.74) is 0. The van der Waals surface area contributed by atoms with Crippen LogP contribution in [0, 0.1) is 0 Å². The van der Waals surface area contributed by atoms with E-state index in [0.717, 1.165) is 50.8 Å². The van der Waals surface area contributed by atoms with E-state index in [1.54, 1.807) is 0 Å². The zero-order valence-electron chi connectivity index (χ0n) is 11.8. The number of likely N-dealkylation sites (N-methyl/N-ethyl adjacent to an activating group) is 1. The van der Waals surface area contributed by atoms with Crippen molar-refractivity contribution >= 4 is 0 Å². The van der Waals surface area contributed by atoms with E-state index in [-0.39, 0.29) is 0 Å². The molecule has 18 heavy (non-hydrogen) atoms. The molecule has 0 saturated heterocycles. The molecule has 0 bridgehead atoms. The van der Waals surface area contributed by atoms with E-state index in [1.165, 1.54) is 0 Å². The topological polar surface area (TPSA) is 21.7 Å². The van der Waals surface area contributed by atoms with Gasteiger partial charge in [0.05, 0.1) is 6.61 Å². The Labute approximate surface area is 111 Å². The first-order chi connectivity index (χ1) is 8.80. The van der Waals surface area contributed by atoms with Crippen LogP contribution >= 0.6 is 0 Å². The zero-order chi connectivity index (χ0) is 13.2. The molecule has 0 atom stereocenters. The van der Waals surface area contributed by atoms with Crippen molar-refractivity contribution in [1.82, 2.24) is 4.90 Å². The smallest absolute Gasteiger partial charge is 0.123 e. The minimum Gasteiger partial charge on any atom is -0.493 e. The molecule has 0 aromatic heterocycles. The summed E-state index contributed by atoms with van der Waals surface area (Å²) in [7, 11) is 0. The summed E-state index contributed by atoms with van der Waals surface area (Å²) in [4.78, 5) is 2.34. The SMILES string of the molecule is CCCOc1cccc(OCCN(CC)CC)c1. The largest absolute Gasteiger partial charge is 0.493 e. The Hall–Kier alpha value is -1.22. The molecule has 102 valence electrons. The Morgan fingerprint density at radius 1 is 0.944 bits per heavy atom. The van der Waals surface area contributed by atoms with Gasteiger partial charge in [-0.25, -0.2) is 0 Å². The number of hydrogen-bond donors (Lipinski definition) is 0.